The van der Waals surface area contributed by atoms with Crippen molar-refractivity contribution >= 4 is 29.0 Å². The average Bonchev–Trinajstić information content (AvgIpc) is 3.43. The van der Waals surface area contributed by atoms with Gasteiger partial charge in [0.2, 0.25) is 0 Å². The van der Waals surface area contributed by atoms with Crippen LogP contribution in [0.1, 0.15) is 12.8 Å². The second-order valence-electron chi connectivity index (χ2n) is 5.16. The van der Waals surface area contributed by atoms with Crippen molar-refractivity contribution in [1.29, 1.82) is 0 Å². The summed E-state index contributed by atoms with van der Waals surface area (Å²) in [7, 11) is 3.27. The summed E-state index contributed by atoms with van der Waals surface area (Å²) in [6, 6.07) is 6.18. The SMILES string of the molecule is COc1cc(NCC=CNC(=NC=NC2CC2)SC)cc(OC)c1. The molecule has 7 heteroatoms. The molecule has 2 rings (SSSR count). The van der Waals surface area contributed by atoms with Gasteiger partial charge in [-0.25, -0.2) is 4.99 Å². The number of thioether (sulfide) groups is 1. The number of ether oxygens (including phenoxy) is 2. The zero-order valence-electron chi connectivity index (χ0n) is 14.3. The first-order chi connectivity index (χ1) is 11.7. The third-order valence-electron chi connectivity index (χ3n) is 3.29. The molecule has 0 aromatic heterocycles. The van der Waals surface area contributed by atoms with Gasteiger partial charge < -0.3 is 20.1 Å². The predicted octanol–water partition coefficient (Wildman–Crippen LogP) is 3.13. The van der Waals surface area contributed by atoms with Gasteiger partial charge in [0.25, 0.3) is 0 Å². The van der Waals surface area contributed by atoms with Crippen molar-refractivity contribution in [3.05, 3.63) is 30.5 Å². The molecule has 2 N–H and O–H groups in total. The maximum absolute atomic E-state index is 5.25. The number of aliphatic imine (C=N–C) groups is 2. The highest BCUT2D eigenvalue weighted by Gasteiger charge is 2.18. The molecule has 0 atom stereocenters. The van der Waals surface area contributed by atoms with Gasteiger partial charge in [-0.1, -0.05) is 11.8 Å². The summed E-state index contributed by atoms with van der Waals surface area (Å²) in [6.45, 7) is 0.668. The summed E-state index contributed by atoms with van der Waals surface area (Å²) in [6.07, 6.45) is 9.85. The second kappa shape index (κ2) is 9.87. The van der Waals surface area contributed by atoms with Gasteiger partial charge in [0.05, 0.1) is 20.3 Å². The Bertz CT molecular complexity index is 590. The Labute approximate surface area is 147 Å². The summed E-state index contributed by atoms with van der Waals surface area (Å²) in [4.78, 5) is 8.61. The van der Waals surface area contributed by atoms with Crippen LogP contribution in [0.25, 0.3) is 0 Å². The van der Waals surface area contributed by atoms with Crippen LogP contribution in [-0.4, -0.2) is 44.6 Å². The van der Waals surface area contributed by atoms with Crippen molar-refractivity contribution in [3.63, 3.8) is 0 Å². The highest BCUT2D eigenvalue weighted by atomic mass is 32.2. The molecular weight excluding hydrogens is 324 g/mol. The number of hydrogen-bond acceptors (Lipinski definition) is 5. The molecular formula is C17H24N4O2S. The lowest BCUT2D eigenvalue weighted by Crippen LogP contribution is -2.13. The molecule has 0 spiro atoms. The Hall–Kier alpha value is -2.15. The fourth-order valence-electron chi connectivity index (χ4n) is 1.83. The van der Waals surface area contributed by atoms with E-state index < -0.39 is 0 Å². The minimum Gasteiger partial charge on any atom is -0.497 e. The Kier molecular flexibility index (Phi) is 7.48. The molecule has 1 saturated carbocycles. The smallest absolute Gasteiger partial charge is 0.166 e. The van der Waals surface area contributed by atoms with Crippen molar-refractivity contribution in [3.8, 4) is 11.5 Å². The summed E-state index contributed by atoms with van der Waals surface area (Å²) in [5.74, 6) is 1.51. The first kappa shape index (κ1) is 18.2. The lowest BCUT2D eigenvalue weighted by atomic mass is 10.2. The van der Waals surface area contributed by atoms with E-state index in [1.807, 2.05) is 36.7 Å². The van der Waals surface area contributed by atoms with Crippen molar-refractivity contribution in [2.75, 3.05) is 32.3 Å². The molecule has 1 fully saturated rings. The van der Waals surface area contributed by atoms with Gasteiger partial charge in [-0.05, 0) is 25.2 Å². The fourth-order valence-corrected chi connectivity index (χ4v) is 2.17. The largest absolute Gasteiger partial charge is 0.497 e. The third kappa shape index (κ3) is 6.54. The van der Waals surface area contributed by atoms with Gasteiger partial charge >= 0.3 is 0 Å². The van der Waals surface area contributed by atoms with E-state index in [-0.39, 0.29) is 0 Å². The van der Waals surface area contributed by atoms with Crippen LogP contribution in [-0.2, 0) is 0 Å². The van der Waals surface area contributed by atoms with E-state index in [4.69, 9.17) is 9.47 Å². The quantitative estimate of drug-likeness (QED) is 0.558. The van der Waals surface area contributed by atoms with Crippen molar-refractivity contribution < 1.29 is 9.47 Å². The van der Waals surface area contributed by atoms with E-state index in [9.17, 15) is 0 Å². The number of benzene rings is 1. The van der Waals surface area contributed by atoms with Crippen molar-refractivity contribution in [2.45, 2.75) is 18.9 Å². The molecule has 0 radical (unpaired) electrons. The van der Waals surface area contributed by atoms with Crippen LogP contribution in [0.4, 0.5) is 5.69 Å². The number of amidine groups is 1. The predicted molar refractivity (Wildman–Crippen MR) is 103 cm³/mol. The normalized spacial score (nSPS) is 15.0. The summed E-state index contributed by atoms with van der Waals surface area (Å²) >= 11 is 1.55. The number of hydrogen-bond donors (Lipinski definition) is 2. The molecule has 6 nitrogen and oxygen atoms in total. The maximum atomic E-state index is 5.25. The number of methoxy groups -OCH3 is 2. The lowest BCUT2D eigenvalue weighted by Gasteiger charge is -2.09. The second-order valence-corrected chi connectivity index (χ2v) is 5.96. The zero-order valence-corrected chi connectivity index (χ0v) is 15.1. The van der Waals surface area contributed by atoms with E-state index in [1.165, 1.54) is 12.8 Å². The van der Waals surface area contributed by atoms with Crippen LogP contribution in [0.3, 0.4) is 0 Å². The topological polar surface area (TPSA) is 67.2 Å². The molecule has 0 aliphatic heterocycles. The van der Waals surface area contributed by atoms with Gasteiger partial charge in [-0.15, -0.1) is 0 Å². The van der Waals surface area contributed by atoms with Gasteiger partial charge in [0, 0.05) is 36.6 Å². The van der Waals surface area contributed by atoms with Gasteiger partial charge in [0.15, 0.2) is 5.17 Å². The number of anilines is 1. The Morgan fingerprint density at radius 2 is 1.96 bits per heavy atom. The lowest BCUT2D eigenvalue weighted by molar-refractivity contribution is 0.394. The van der Waals surface area contributed by atoms with E-state index in [2.05, 4.69) is 20.6 Å². The Balaban J connectivity index is 1.78. The zero-order chi connectivity index (χ0) is 17.2. The Morgan fingerprint density at radius 1 is 1.25 bits per heavy atom. The molecule has 0 bridgehead atoms. The monoisotopic (exact) mass is 348 g/mol. The minimum atomic E-state index is 0.497. The van der Waals surface area contributed by atoms with Crippen LogP contribution >= 0.6 is 11.8 Å². The van der Waals surface area contributed by atoms with Crippen LogP contribution in [0.15, 0.2) is 40.5 Å². The highest BCUT2D eigenvalue weighted by molar-refractivity contribution is 8.13. The van der Waals surface area contributed by atoms with E-state index in [0.29, 0.717) is 12.6 Å². The Morgan fingerprint density at radius 3 is 2.54 bits per heavy atom. The molecule has 0 heterocycles. The molecule has 130 valence electrons. The average molecular weight is 348 g/mol. The van der Waals surface area contributed by atoms with E-state index >= 15 is 0 Å². The fraction of sp³-hybridized carbons (Fsp3) is 0.412. The van der Waals surface area contributed by atoms with Crippen LogP contribution in [0.5, 0.6) is 11.5 Å². The van der Waals surface area contributed by atoms with Gasteiger partial charge in [0.1, 0.15) is 17.8 Å². The molecule has 1 aliphatic rings. The van der Waals surface area contributed by atoms with Crippen molar-refractivity contribution in [2.24, 2.45) is 9.98 Å². The van der Waals surface area contributed by atoms with Crippen molar-refractivity contribution in [1.82, 2.24) is 5.32 Å². The third-order valence-corrected chi connectivity index (χ3v) is 3.90. The van der Waals surface area contributed by atoms with E-state index in [0.717, 1.165) is 22.4 Å². The first-order valence-corrected chi connectivity index (χ1v) is 8.99. The van der Waals surface area contributed by atoms with Gasteiger partial charge in [-0.2, -0.15) is 0 Å². The molecule has 1 aliphatic carbocycles. The molecule has 0 unspecified atom stereocenters. The maximum Gasteiger partial charge on any atom is 0.166 e. The molecule has 0 saturated heterocycles. The van der Waals surface area contributed by atoms with Gasteiger partial charge in [-0.3, -0.25) is 4.99 Å². The summed E-state index contributed by atoms with van der Waals surface area (Å²) in [5.41, 5.74) is 0.936. The standard InChI is InChI=1S/C17H24N4O2S/c1-22-15-9-14(10-16(11-15)23-2)18-7-4-8-19-17(24-3)21-12-20-13-5-6-13/h4,8-13,18H,5-7H2,1-3H3,(H,19,20,21). The van der Waals surface area contributed by atoms with Crippen LogP contribution in [0.2, 0.25) is 0 Å². The summed E-state index contributed by atoms with van der Waals surface area (Å²) in [5, 5.41) is 7.26. The molecule has 24 heavy (non-hydrogen) atoms. The molecule has 0 amide bonds. The molecule has 1 aromatic carbocycles. The highest BCUT2D eigenvalue weighted by Crippen LogP contribution is 2.25. The molecule has 1 aromatic rings. The van der Waals surface area contributed by atoms with Crippen LogP contribution in [0, 0.1) is 0 Å². The van der Waals surface area contributed by atoms with Crippen LogP contribution < -0.4 is 20.1 Å². The minimum absolute atomic E-state index is 0.497. The summed E-state index contributed by atoms with van der Waals surface area (Å²) < 4.78 is 10.5. The first-order valence-electron chi connectivity index (χ1n) is 7.77. The van der Waals surface area contributed by atoms with E-state index in [1.54, 1.807) is 32.3 Å². The number of nitrogens with zero attached hydrogens (tertiary/aromatic N) is 2. The number of nitrogens with one attached hydrogen (secondary N) is 2. The number of rotatable bonds is 8.